The van der Waals surface area contributed by atoms with Crippen LogP contribution >= 0.6 is 0 Å². The zero-order chi connectivity index (χ0) is 16.4. The van der Waals surface area contributed by atoms with Gasteiger partial charge in [-0.2, -0.15) is 0 Å². The minimum absolute atomic E-state index is 0.0487. The van der Waals surface area contributed by atoms with E-state index in [0.717, 1.165) is 0 Å². The minimum atomic E-state index is -0.957. The number of aliphatic carboxylic acids is 1. The van der Waals surface area contributed by atoms with Gasteiger partial charge in [-0.05, 0) is 34.1 Å². The van der Waals surface area contributed by atoms with Crippen LogP contribution in [0.2, 0.25) is 0 Å². The lowest BCUT2D eigenvalue weighted by atomic mass is 9.79. The van der Waals surface area contributed by atoms with E-state index in [1.165, 1.54) is 4.90 Å². The van der Waals surface area contributed by atoms with Crippen molar-refractivity contribution in [1.29, 1.82) is 0 Å². The van der Waals surface area contributed by atoms with Crippen LogP contribution in [-0.2, 0) is 9.53 Å². The summed E-state index contributed by atoms with van der Waals surface area (Å²) in [5, 5.41) is 12.8. The molecule has 6 heteroatoms. The second-order valence-corrected chi connectivity index (χ2v) is 7.45. The largest absolute Gasteiger partial charge is 0.481 e. The molecule has 1 heterocycles. The molecular formula is C15H28N2O4. The number of hydrogen-bond acceptors (Lipinski definition) is 4. The average Bonchev–Trinajstić information content (AvgIpc) is 2.24. The first-order chi connectivity index (χ1) is 9.43. The van der Waals surface area contributed by atoms with Crippen molar-refractivity contribution in [3.8, 4) is 0 Å². The molecule has 0 spiro atoms. The highest BCUT2D eigenvalue weighted by atomic mass is 16.6. The van der Waals surface area contributed by atoms with E-state index < -0.39 is 23.1 Å². The SMILES string of the molecule is CC(C)N[C@@H]1CN(C(=O)OC(C)(C)C)C[C@](C)(C(=O)O)C1. The highest BCUT2D eigenvalue weighted by Gasteiger charge is 2.44. The fraction of sp³-hybridized carbons (Fsp3) is 0.867. The van der Waals surface area contributed by atoms with Crippen molar-refractivity contribution in [2.24, 2.45) is 5.41 Å². The van der Waals surface area contributed by atoms with Crippen molar-refractivity contribution in [3.63, 3.8) is 0 Å². The zero-order valence-electron chi connectivity index (χ0n) is 13.9. The van der Waals surface area contributed by atoms with Crippen LogP contribution in [0, 0.1) is 5.41 Å². The van der Waals surface area contributed by atoms with Crippen LogP contribution in [0.3, 0.4) is 0 Å². The van der Waals surface area contributed by atoms with E-state index in [0.29, 0.717) is 13.0 Å². The molecule has 0 unspecified atom stereocenters. The van der Waals surface area contributed by atoms with E-state index in [9.17, 15) is 14.7 Å². The number of hydrogen-bond donors (Lipinski definition) is 2. The Balaban J connectivity index is 2.88. The fourth-order valence-corrected chi connectivity index (χ4v) is 2.63. The molecule has 6 nitrogen and oxygen atoms in total. The first kappa shape index (κ1) is 17.8. The minimum Gasteiger partial charge on any atom is -0.481 e. The maximum absolute atomic E-state index is 12.2. The summed E-state index contributed by atoms with van der Waals surface area (Å²) in [6.07, 6.45) is 0.0463. The quantitative estimate of drug-likeness (QED) is 0.834. The van der Waals surface area contributed by atoms with Gasteiger partial charge in [0.05, 0.1) is 5.41 Å². The predicted molar refractivity (Wildman–Crippen MR) is 80.2 cm³/mol. The first-order valence-corrected chi connectivity index (χ1v) is 7.40. The van der Waals surface area contributed by atoms with Crippen molar-refractivity contribution < 1.29 is 19.4 Å². The van der Waals surface area contributed by atoms with E-state index in [2.05, 4.69) is 5.32 Å². The Morgan fingerprint density at radius 1 is 1.38 bits per heavy atom. The van der Waals surface area contributed by atoms with Gasteiger partial charge >= 0.3 is 12.1 Å². The summed E-state index contributed by atoms with van der Waals surface area (Å²) in [5.74, 6) is -0.883. The van der Waals surface area contributed by atoms with E-state index in [4.69, 9.17) is 4.74 Å². The van der Waals surface area contributed by atoms with Crippen LogP contribution < -0.4 is 5.32 Å². The molecule has 0 aromatic heterocycles. The Labute approximate surface area is 126 Å². The van der Waals surface area contributed by atoms with Gasteiger partial charge in [0.15, 0.2) is 0 Å². The predicted octanol–water partition coefficient (Wildman–Crippen LogP) is 2.08. The number of nitrogens with zero attached hydrogens (tertiary/aromatic N) is 1. The van der Waals surface area contributed by atoms with Crippen molar-refractivity contribution in [1.82, 2.24) is 10.2 Å². The molecule has 0 radical (unpaired) electrons. The second-order valence-electron chi connectivity index (χ2n) is 7.45. The molecule has 122 valence electrons. The number of nitrogens with one attached hydrogen (secondary N) is 1. The lowest BCUT2D eigenvalue weighted by molar-refractivity contribution is -0.151. The Hall–Kier alpha value is -1.30. The number of likely N-dealkylation sites (tertiary alicyclic amines) is 1. The summed E-state index contributed by atoms with van der Waals surface area (Å²) >= 11 is 0. The molecule has 1 aliphatic rings. The molecule has 1 rings (SSSR count). The van der Waals surface area contributed by atoms with Crippen LogP contribution in [0.1, 0.15) is 48.0 Å². The van der Waals surface area contributed by atoms with Crippen molar-refractivity contribution in [2.45, 2.75) is 65.6 Å². The van der Waals surface area contributed by atoms with Crippen LogP contribution in [0.5, 0.6) is 0 Å². The molecule has 0 aromatic carbocycles. The average molecular weight is 300 g/mol. The Bertz CT molecular complexity index is 403. The number of carbonyl (C=O) groups excluding carboxylic acids is 1. The third-order valence-corrected chi connectivity index (χ3v) is 3.41. The number of carboxylic acids is 1. The topological polar surface area (TPSA) is 78.9 Å². The maximum atomic E-state index is 12.2. The van der Waals surface area contributed by atoms with Gasteiger partial charge in [0.1, 0.15) is 5.60 Å². The molecular weight excluding hydrogens is 272 g/mol. The maximum Gasteiger partial charge on any atom is 0.410 e. The number of carbonyl (C=O) groups is 2. The molecule has 0 aromatic rings. The van der Waals surface area contributed by atoms with Gasteiger partial charge < -0.3 is 20.1 Å². The second kappa shape index (κ2) is 6.22. The van der Waals surface area contributed by atoms with E-state index in [1.54, 1.807) is 27.7 Å². The standard InChI is InChI=1S/C15H28N2O4/c1-10(2)16-11-7-15(6,12(18)19)9-17(8-11)13(20)21-14(3,4)5/h10-11,16H,7-9H2,1-6H3,(H,18,19)/t11-,15+/m0/s1. The molecule has 0 aliphatic carbocycles. The number of rotatable bonds is 3. The van der Waals surface area contributed by atoms with Gasteiger partial charge in [-0.1, -0.05) is 13.8 Å². The molecule has 1 fully saturated rings. The molecule has 0 saturated carbocycles. The lowest BCUT2D eigenvalue weighted by Gasteiger charge is -2.42. The lowest BCUT2D eigenvalue weighted by Crippen LogP contribution is -2.58. The van der Waals surface area contributed by atoms with Crippen LogP contribution in [0.15, 0.2) is 0 Å². The van der Waals surface area contributed by atoms with Gasteiger partial charge in [0.2, 0.25) is 0 Å². The molecule has 1 aliphatic heterocycles. The Morgan fingerprint density at radius 2 is 1.95 bits per heavy atom. The van der Waals surface area contributed by atoms with E-state index in [1.807, 2.05) is 13.8 Å². The van der Waals surface area contributed by atoms with Gasteiger partial charge in [0.25, 0.3) is 0 Å². The van der Waals surface area contributed by atoms with Crippen LogP contribution in [0.25, 0.3) is 0 Å². The highest BCUT2D eigenvalue weighted by molar-refractivity contribution is 5.76. The third kappa shape index (κ3) is 5.19. The number of amides is 1. The third-order valence-electron chi connectivity index (χ3n) is 3.41. The molecule has 2 N–H and O–H groups in total. The molecule has 2 atom stereocenters. The first-order valence-electron chi connectivity index (χ1n) is 7.40. The van der Waals surface area contributed by atoms with Gasteiger partial charge in [0, 0.05) is 25.2 Å². The summed E-state index contributed by atoms with van der Waals surface area (Å²) < 4.78 is 5.37. The Kier molecular flexibility index (Phi) is 5.25. The smallest absolute Gasteiger partial charge is 0.410 e. The fourth-order valence-electron chi connectivity index (χ4n) is 2.63. The monoisotopic (exact) mass is 300 g/mol. The molecule has 21 heavy (non-hydrogen) atoms. The van der Waals surface area contributed by atoms with Crippen molar-refractivity contribution >= 4 is 12.1 Å². The summed E-state index contributed by atoms with van der Waals surface area (Å²) in [6.45, 7) is 11.7. The Morgan fingerprint density at radius 3 is 2.38 bits per heavy atom. The molecule has 0 bridgehead atoms. The van der Waals surface area contributed by atoms with Crippen LogP contribution in [0.4, 0.5) is 4.79 Å². The summed E-state index contributed by atoms with van der Waals surface area (Å²) in [7, 11) is 0. The van der Waals surface area contributed by atoms with E-state index in [-0.39, 0.29) is 18.6 Å². The highest BCUT2D eigenvalue weighted by Crippen LogP contribution is 2.31. The zero-order valence-corrected chi connectivity index (χ0v) is 13.9. The molecule has 1 amide bonds. The van der Waals surface area contributed by atoms with Gasteiger partial charge in [-0.15, -0.1) is 0 Å². The van der Waals surface area contributed by atoms with Crippen molar-refractivity contribution in [2.75, 3.05) is 13.1 Å². The number of ether oxygens (including phenoxy) is 1. The summed E-state index contributed by atoms with van der Waals surface area (Å²) in [4.78, 5) is 25.3. The normalized spacial score (nSPS) is 26.8. The van der Waals surface area contributed by atoms with Crippen LogP contribution in [-0.4, -0.2) is 52.8 Å². The van der Waals surface area contributed by atoms with Gasteiger partial charge in [-0.25, -0.2) is 4.79 Å². The summed E-state index contributed by atoms with van der Waals surface area (Å²) in [6, 6.07) is 0.180. The number of carboxylic acid groups (broad SMARTS) is 1. The molecule has 1 saturated heterocycles. The van der Waals surface area contributed by atoms with E-state index >= 15 is 0 Å². The van der Waals surface area contributed by atoms with Gasteiger partial charge in [-0.3, -0.25) is 4.79 Å². The number of piperidine rings is 1. The summed E-state index contributed by atoms with van der Waals surface area (Å²) in [5.41, 5.74) is -1.54. The van der Waals surface area contributed by atoms with Crippen molar-refractivity contribution in [3.05, 3.63) is 0 Å².